The Labute approximate surface area is 211 Å². The van der Waals surface area contributed by atoms with E-state index in [9.17, 15) is 14.4 Å². The second kappa shape index (κ2) is 11.5. The third-order valence-electron chi connectivity index (χ3n) is 7.09. The third kappa shape index (κ3) is 6.22. The van der Waals surface area contributed by atoms with E-state index >= 15 is 0 Å². The maximum absolute atomic E-state index is 12.9. The van der Waals surface area contributed by atoms with E-state index in [2.05, 4.69) is 25.7 Å². The van der Waals surface area contributed by atoms with Gasteiger partial charge in [-0.25, -0.2) is 0 Å². The first-order valence-electron chi connectivity index (χ1n) is 13.0. The van der Waals surface area contributed by atoms with Crippen molar-refractivity contribution in [2.24, 2.45) is 5.73 Å². The van der Waals surface area contributed by atoms with Crippen LogP contribution in [-0.4, -0.2) is 41.0 Å². The van der Waals surface area contributed by atoms with Gasteiger partial charge in [0, 0.05) is 38.4 Å². The Morgan fingerprint density at radius 3 is 2.42 bits per heavy atom. The maximum atomic E-state index is 12.9. The lowest BCUT2D eigenvalue weighted by Crippen LogP contribution is -2.45. The number of aromatic nitrogens is 2. The first-order valence-corrected chi connectivity index (χ1v) is 13.0. The quantitative estimate of drug-likeness (QED) is 0.475. The molecule has 0 unspecified atom stereocenters. The van der Waals surface area contributed by atoms with Crippen LogP contribution in [0.1, 0.15) is 93.2 Å². The summed E-state index contributed by atoms with van der Waals surface area (Å²) in [6, 6.07) is 5.18. The van der Waals surface area contributed by atoms with Gasteiger partial charge >= 0.3 is 0 Å². The average Bonchev–Trinajstić information content (AvgIpc) is 3.23. The van der Waals surface area contributed by atoms with Crippen molar-refractivity contribution in [3.05, 3.63) is 35.5 Å². The molecule has 3 amide bonds. The van der Waals surface area contributed by atoms with Crippen molar-refractivity contribution in [2.75, 3.05) is 23.3 Å². The van der Waals surface area contributed by atoms with E-state index in [1.807, 2.05) is 6.07 Å². The van der Waals surface area contributed by atoms with Crippen molar-refractivity contribution in [2.45, 2.75) is 83.1 Å². The van der Waals surface area contributed by atoms with Crippen LogP contribution >= 0.6 is 0 Å². The molecular weight excluding hydrogens is 460 g/mol. The van der Waals surface area contributed by atoms with Gasteiger partial charge in [0.05, 0.1) is 11.4 Å². The number of amides is 3. The van der Waals surface area contributed by atoms with E-state index in [0.29, 0.717) is 23.0 Å². The Kier molecular flexibility index (Phi) is 8.22. The standard InChI is InChI=1S/C26H36N6O4/c1-18(33)30-26(13-5-2-3-6-14-26)25-29-23(36-31-25)12-11-22(34)28-20-17-19(24(27)35)9-10-21(20)32-15-7-4-8-16-32/h9-10,17H,2-8,11-16H2,1H3,(H2,27,35)(H,28,34)(H,30,33). The van der Waals surface area contributed by atoms with E-state index in [1.165, 1.54) is 13.3 Å². The summed E-state index contributed by atoms with van der Waals surface area (Å²) in [6.45, 7) is 3.31. The second-order valence-electron chi connectivity index (χ2n) is 9.88. The summed E-state index contributed by atoms with van der Waals surface area (Å²) >= 11 is 0. The minimum Gasteiger partial charge on any atom is -0.370 e. The Morgan fingerprint density at radius 2 is 1.75 bits per heavy atom. The van der Waals surface area contributed by atoms with Gasteiger partial charge in [-0.05, 0) is 50.3 Å². The second-order valence-corrected chi connectivity index (χ2v) is 9.88. The summed E-state index contributed by atoms with van der Waals surface area (Å²) in [6.07, 6.45) is 9.49. The summed E-state index contributed by atoms with van der Waals surface area (Å²) in [5.41, 5.74) is 6.66. The number of primary amides is 1. The highest BCUT2D eigenvalue weighted by Crippen LogP contribution is 2.35. The van der Waals surface area contributed by atoms with E-state index in [0.717, 1.165) is 70.1 Å². The molecule has 0 atom stereocenters. The fraction of sp³-hybridized carbons (Fsp3) is 0.577. The molecule has 2 aromatic rings. The summed E-state index contributed by atoms with van der Waals surface area (Å²) in [5.74, 6) is -0.0421. The number of aryl methyl sites for hydroxylation is 1. The molecule has 194 valence electrons. The molecule has 4 rings (SSSR count). The summed E-state index contributed by atoms with van der Waals surface area (Å²) in [5, 5.41) is 10.2. The van der Waals surface area contributed by atoms with E-state index in [1.54, 1.807) is 12.1 Å². The smallest absolute Gasteiger partial charge is 0.248 e. The van der Waals surface area contributed by atoms with Gasteiger partial charge in [0.1, 0.15) is 5.54 Å². The number of hydrogen-bond acceptors (Lipinski definition) is 7. The van der Waals surface area contributed by atoms with E-state index in [-0.39, 0.29) is 24.7 Å². The van der Waals surface area contributed by atoms with Crippen LogP contribution in [0.2, 0.25) is 0 Å². The van der Waals surface area contributed by atoms with Gasteiger partial charge in [0.15, 0.2) is 5.82 Å². The molecule has 36 heavy (non-hydrogen) atoms. The van der Waals surface area contributed by atoms with Crippen molar-refractivity contribution in [3.63, 3.8) is 0 Å². The number of nitrogens with two attached hydrogens (primary N) is 1. The molecule has 1 aromatic heterocycles. The van der Waals surface area contributed by atoms with Crippen LogP contribution < -0.4 is 21.3 Å². The van der Waals surface area contributed by atoms with Crippen LogP contribution in [0.4, 0.5) is 11.4 Å². The summed E-state index contributed by atoms with van der Waals surface area (Å²) in [7, 11) is 0. The molecular formula is C26H36N6O4. The molecule has 10 heteroatoms. The molecule has 1 aromatic carbocycles. The molecule has 4 N–H and O–H groups in total. The van der Waals surface area contributed by atoms with Crippen molar-refractivity contribution >= 4 is 29.1 Å². The number of nitrogens with zero attached hydrogens (tertiary/aromatic N) is 3. The highest BCUT2D eigenvalue weighted by molar-refractivity contribution is 5.99. The minimum absolute atomic E-state index is 0.120. The molecule has 0 spiro atoms. The van der Waals surface area contributed by atoms with Crippen molar-refractivity contribution in [1.29, 1.82) is 0 Å². The van der Waals surface area contributed by atoms with E-state index in [4.69, 9.17) is 10.3 Å². The number of carbonyl (C=O) groups excluding carboxylic acids is 3. The van der Waals surface area contributed by atoms with Crippen molar-refractivity contribution < 1.29 is 18.9 Å². The van der Waals surface area contributed by atoms with Gasteiger partial charge in [0.2, 0.25) is 23.6 Å². The van der Waals surface area contributed by atoms with E-state index < -0.39 is 11.4 Å². The highest BCUT2D eigenvalue weighted by Gasteiger charge is 2.38. The normalized spacial score (nSPS) is 17.8. The molecule has 1 saturated carbocycles. The fourth-order valence-corrected chi connectivity index (χ4v) is 5.26. The fourth-order valence-electron chi connectivity index (χ4n) is 5.26. The lowest BCUT2D eigenvalue weighted by atomic mass is 9.89. The van der Waals surface area contributed by atoms with Crippen LogP contribution in [0.3, 0.4) is 0 Å². The Balaban J connectivity index is 1.44. The van der Waals surface area contributed by atoms with Gasteiger partial charge in [-0.1, -0.05) is 30.8 Å². The zero-order chi connectivity index (χ0) is 25.5. The first kappa shape index (κ1) is 25.7. The van der Waals surface area contributed by atoms with Gasteiger partial charge < -0.3 is 25.8 Å². The van der Waals surface area contributed by atoms with Crippen LogP contribution in [0.25, 0.3) is 0 Å². The maximum Gasteiger partial charge on any atom is 0.248 e. The number of hydrogen-bond donors (Lipinski definition) is 3. The first-order chi connectivity index (χ1) is 17.4. The number of benzene rings is 1. The predicted octanol–water partition coefficient (Wildman–Crippen LogP) is 3.42. The van der Waals surface area contributed by atoms with Crippen molar-refractivity contribution in [1.82, 2.24) is 15.5 Å². The molecule has 2 fully saturated rings. The van der Waals surface area contributed by atoms with Gasteiger partial charge in [-0.15, -0.1) is 0 Å². The summed E-state index contributed by atoms with van der Waals surface area (Å²) in [4.78, 5) is 43.3. The topological polar surface area (TPSA) is 143 Å². The minimum atomic E-state index is -0.620. The molecule has 1 aliphatic heterocycles. The molecule has 0 radical (unpaired) electrons. The number of rotatable bonds is 8. The monoisotopic (exact) mass is 496 g/mol. The molecule has 1 saturated heterocycles. The third-order valence-corrected chi connectivity index (χ3v) is 7.09. The SMILES string of the molecule is CC(=O)NC1(c2noc(CCC(=O)Nc3cc(C(N)=O)ccc3N3CCCCC3)n2)CCCCCC1. The average molecular weight is 497 g/mol. The van der Waals surface area contributed by atoms with Crippen LogP contribution in [0.15, 0.2) is 22.7 Å². The predicted molar refractivity (Wildman–Crippen MR) is 135 cm³/mol. The largest absolute Gasteiger partial charge is 0.370 e. The number of nitrogens with one attached hydrogen (secondary N) is 2. The zero-order valence-corrected chi connectivity index (χ0v) is 21.0. The molecule has 0 bridgehead atoms. The molecule has 2 aliphatic rings. The molecule has 10 nitrogen and oxygen atoms in total. The lowest BCUT2D eigenvalue weighted by molar-refractivity contribution is -0.121. The molecule has 1 aliphatic carbocycles. The highest BCUT2D eigenvalue weighted by atomic mass is 16.5. The van der Waals surface area contributed by atoms with Crippen LogP contribution in [0, 0.1) is 0 Å². The van der Waals surface area contributed by atoms with Crippen LogP contribution in [-0.2, 0) is 21.5 Å². The van der Waals surface area contributed by atoms with Crippen LogP contribution in [0.5, 0.6) is 0 Å². The Bertz CT molecular complexity index is 1080. The number of piperidine rings is 1. The zero-order valence-electron chi connectivity index (χ0n) is 21.0. The van der Waals surface area contributed by atoms with Gasteiger partial charge in [-0.2, -0.15) is 4.98 Å². The number of anilines is 2. The Hall–Kier alpha value is -3.43. The van der Waals surface area contributed by atoms with Gasteiger partial charge in [-0.3, -0.25) is 14.4 Å². The molecule has 2 heterocycles. The Morgan fingerprint density at radius 1 is 1.06 bits per heavy atom. The van der Waals surface area contributed by atoms with Gasteiger partial charge in [0.25, 0.3) is 0 Å². The summed E-state index contributed by atoms with van der Waals surface area (Å²) < 4.78 is 5.47. The number of carbonyl (C=O) groups is 3. The van der Waals surface area contributed by atoms with Crippen molar-refractivity contribution in [3.8, 4) is 0 Å². The lowest BCUT2D eigenvalue weighted by Gasteiger charge is -2.30.